The number of nitrogens with one attached hydrogen (secondary N) is 2. The molecule has 32 heavy (non-hydrogen) atoms. The molecule has 0 bridgehead atoms. The molecule has 0 saturated carbocycles. The molecule has 5 rings (SSSR count). The highest BCUT2D eigenvalue weighted by Gasteiger charge is 2.19. The summed E-state index contributed by atoms with van der Waals surface area (Å²) in [5, 5.41) is 12.5. The molecule has 6 nitrogen and oxygen atoms in total. The first kappa shape index (κ1) is 20.8. The van der Waals surface area contributed by atoms with Gasteiger partial charge in [-0.05, 0) is 44.5 Å². The molecule has 2 aromatic heterocycles. The van der Waals surface area contributed by atoms with Crippen molar-refractivity contribution in [1.82, 2.24) is 15.1 Å². The zero-order valence-electron chi connectivity index (χ0n) is 17.9. The molecule has 1 amide bonds. The number of rotatable bonds is 6. The molecule has 0 radical (unpaired) electrons. The Hall–Kier alpha value is -3.09. The smallest absolute Gasteiger partial charge is 0.227 e. The van der Waals surface area contributed by atoms with Gasteiger partial charge in [0.25, 0.3) is 0 Å². The molecule has 1 aliphatic heterocycles. The van der Waals surface area contributed by atoms with Crippen LogP contribution in [0.4, 0.5) is 5.82 Å². The van der Waals surface area contributed by atoms with E-state index in [4.69, 9.17) is 16.0 Å². The molecule has 0 aliphatic carbocycles. The van der Waals surface area contributed by atoms with E-state index in [1.165, 1.54) is 0 Å². The van der Waals surface area contributed by atoms with Gasteiger partial charge in [-0.25, -0.2) is 0 Å². The molecule has 7 heteroatoms. The molecule has 4 aromatic rings. The summed E-state index contributed by atoms with van der Waals surface area (Å²) in [5.41, 5.74) is 3.69. The highest BCUT2D eigenvalue weighted by molar-refractivity contribution is 6.31. The van der Waals surface area contributed by atoms with Gasteiger partial charge in [-0.2, -0.15) is 5.10 Å². The number of amides is 1. The predicted molar refractivity (Wildman–Crippen MR) is 127 cm³/mol. The maximum atomic E-state index is 12.4. The first-order valence-corrected chi connectivity index (χ1v) is 11.3. The zero-order chi connectivity index (χ0) is 22.1. The van der Waals surface area contributed by atoms with Gasteiger partial charge in [-0.3, -0.25) is 9.48 Å². The van der Waals surface area contributed by atoms with Gasteiger partial charge in [-0.1, -0.05) is 41.9 Å². The van der Waals surface area contributed by atoms with Gasteiger partial charge in [0.2, 0.25) is 5.91 Å². The molecular formula is C25H25ClN4O2. The van der Waals surface area contributed by atoms with Crippen LogP contribution in [-0.2, 0) is 11.3 Å². The molecule has 3 heterocycles. The Morgan fingerprint density at radius 1 is 1.25 bits per heavy atom. The molecule has 0 unspecified atom stereocenters. The van der Waals surface area contributed by atoms with Crippen LogP contribution in [0.3, 0.4) is 0 Å². The van der Waals surface area contributed by atoms with Crippen LogP contribution in [0.5, 0.6) is 0 Å². The number of furan rings is 1. The number of anilines is 1. The lowest BCUT2D eigenvalue weighted by molar-refractivity contribution is -0.116. The van der Waals surface area contributed by atoms with E-state index in [1.54, 1.807) is 0 Å². The molecular weight excluding hydrogens is 424 g/mol. The van der Waals surface area contributed by atoms with Gasteiger partial charge in [0.15, 0.2) is 5.82 Å². The Balaban J connectivity index is 1.38. The number of aromatic nitrogens is 2. The highest BCUT2D eigenvalue weighted by Crippen LogP contribution is 2.32. The summed E-state index contributed by atoms with van der Waals surface area (Å²) >= 11 is 6.41. The van der Waals surface area contributed by atoms with Crippen LogP contribution in [0.25, 0.3) is 22.3 Å². The van der Waals surface area contributed by atoms with Crippen molar-refractivity contribution in [2.75, 3.05) is 11.9 Å². The zero-order valence-corrected chi connectivity index (χ0v) is 18.7. The SMILES string of the molecule is Cc1cc(NC(=O)C[C@@H]2CCCN2)nn1Cc1cc(Cl)cc2cc(-c3ccccc3)oc12. The minimum Gasteiger partial charge on any atom is -0.456 e. The summed E-state index contributed by atoms with van der Waals surface area (Å²) in [7, 11) is 0. The third kappa shape index (κ3) is 4.42. The number of carbonyl (C=O) groups is 1. The van der Waals surface area contributed by atoms with Crippen molar-refractivity contribution in [1.29, 1.82) is 0 Å². The van der Waals surface area contributed by atoms with E-state index in [-0.39, 0.29) is 11.9 Å². The third-order valence-corrected chi connectivity index (χ3v) is 6.10. The van der Waals surface area contributed by atoms with Crippen molar-refractivity contribution in [2.45, 2.75) is 38.8 Å². The van der Waals surface area contributed by atoms with Gasteiger partial charge in [-0.15, -0.1) is 0 Å². The first-order valence-electron chi connectivity index (χ1n) is 10.9. The van der Waals surface area contributed by atoms with Gasteiger partial charge < -0.3 is 15.1 Å². The monoisotopic (exact) mass is 448 g/mol. The van der Waals surface area contributed by atoms with E-state index >= 15 is 0 Å². The maximum absolute atomic E-state index is 12.4. The van der Waals surface area contributed by atoms with Gasteiger partial charge >= 0.3 is 0 Å². The van der Waals surface area contributed by atoms with Crippen molar-refractivity contribution in [3.8, 4) is 11.3 Å². The van der Waals surface area contributed by atoms with Crippen LogP contribution >= 0.6 is 11.6 Å². The average Bonchev–Trinajstić information content (AvgIpc) is 3.50. The Bertz CT molecular complexity index is 1260. The van der Waals surface area contributed by atoms with Crippen molar-refractivity contribution in [2.24, 2.45) is 0 Å². The fourth-order valence-electron chi connectivity index (χ4n) is 4.29. The second kappa shape index (κ2) is 8.81. The number of hydrogen-bond acceptors (Lipinski definition) is 4. The number of nitrogens with zero attached hydrogens (tertiary/aromatic N) is 2. The Morgan fingerprint density at radius 3 is 2.88 bits per heavy atom. The van der Waals surface area contributed by atoms with Crippen LogP contribution in [0.1, 0.15) is 30.5 Å². The fourth-order valence-corrected chi connectivity index (χ4v) is 4.54. The van der Waals surface area contributed by atoms with E-state index in [9.17, 15) is 4.79 Å². The lowest BCUT2D eigenvalue weighted by Gasteiger charge is -2.09. The molecule has 1 saturated heterocycles. The van der Waals surface area contributed by atoms with Gasteiger partial charge in [0.05, 0.1) is 6.54 Å². The molecule has 2 N–H and O–H groups in total. The number of halogens is 1. The first-order chi connectivity index (χ1) is 15.5. The fraction of sp³-hybridized carbons (Fsp3) is 0.280. The Kier molecular flexibility index (Phi) is 5.72. The van der Waals surface area contributed by atoms with E-state index < -0.39 is 0 Å². The Labute approximate surface area is 191 Å². The second-order valence-corrected chi connectivity index (χ2v) is 8.77. The second-order valence-electron chi connectivity index (χ2n) is 8.33. The summed E-state index contributed by atoms with van der Waals surface area (Å²) < 4.78 is 8.08. The van der Waals surface area contributed by atoms with Gasteiger partial charge in [0, 0.05) is 45.8 Å². The van der Waals surface area contributed by atoms with Crippen molar-refractivity contribution in [3.63, 3.8) is 0 Å². The number of hydrogen-bond donors (Lipinski definition) is 2. The maximum Gasteiger partial charge on any atom is 0.227 e. The average molecular weight is 449 g/mol. The standard InChI is InChI=1S/C25H25ClN4O2/c1-16-10-23(28-24(31)14-21-8-5-9-27-21)29-30(16)15-19-12-20(26)11-18-13-22(32-25(18)19)17-6-3-2-4-7-17/h2-4,6-7,10-13,21,27H,5,8-9,14-15H2,1H3,(H,28,29,31)/t21-/m0/s1. The lowest BCUT2D eigenvalue weighted by atomic mass is 10.1. The highest BCUT2D eigenvalue weighted by atomic mass is 35.5. The molecule has 1 atom stereocenters. The number of benzene rings is 2. The van der Waals surface area contributed by atoms with Crippen molar-refractivity contribution >= 4 is 34.3 Å². The predicted octanol–water partition coefficient (Wildman–Crippen LogP) is 5.39. The summed E-state index contributed by atoms with van der Waals surface area (Å²) in [6.45, 7) is 3.45. The lowest BCUT2D eigenvalue weighted by Crippen LogP contribution is -2.27. The molecule has 164 valence electrons. The van der Waals surface area contributed by atoms with Crippen LogP contribution in [-0.4, -0.2) is 28.3 Å². The summed E-state index contributed by atoms with van der Waals surface area (Å²) in [4.78, 5) is 12.4. The topological polar surface area (TPSA) is 72.1 Å². The van der Waals surface area contributed by atoms with Crippen LogP contribution in [0, 0.1) is 6.92 Å². The van der Waals surface area contributed by atoms with E-state index in [2.05, 4.69) is 15.7 Å². The normalized spacial score (nSPS) is 16.0. The number of carbonyl (C=O) groups excluding carboxylic acids is 1. The molecule has 1 fully saturated rings. The quantitative estimate of drug-likeness (QED) is 0.415. The van der Waals surface area contributed by atoms with E-state index in [0.717, 1.165) is 52.9 Å². The van der Waals surface area contributed by atoms with Crippen molar-refractivity contribution < 1.29 is 9.21 Å². The third-order valence-electron chi connectivity index (χ3n) is 5.88. The van der Waals surface area contributed by atoms with Gasteiger partial charge in [0.1, 0.15) is 11.3 Å². The largest absolute Gasteiger partial charge is 0.456 e. The molecule has 2 aromatic carbocycles. The van der Waals surface area contributed by atoms with Crippen molar-refractivity contribution in [3.05, 3.63) is 70.9 Å². The summed E-state index contributed by atoms with van der Waals surface area (Å²) in [6.07, 6.45) is 2.63. The molecule has 1 aliphatic rings. The van der Waals surface area contributed by atoms with E-state index in [1.807, 2.05) is 66.2 Å². The number of aryl methyl sites for hydroxylation is 1. The van der Waals surface area contributed by atoms with Crippen LogP contribution in [0.2, 0.25) is 5.02 Å². The van der Waals surface area contributed by atoms with E-state index in [0.29, 0.717) is 23.8 Å². The van der Waals surface area contributed by atoms with Crippen LogP contribution in [0.15, 0.2) is 59.0 Å². The van der Waals surface area contributed by atoms with Crippen LogP contribution < -0.4 is 10.6 Å². The minimum absolute atomic E-state index is 0.0160. The minimum atomic E-state index is -0.0160. The summed E-state index contributed by atoms with van der Waals surface area (Å²) in [6, 6.07) is 18.0. The molecule has 0 spiro atoms. The summed E-state index contributed by atoms with van der Waals surface area (Å²) in [5.74, 6) is 1.35. The Morgan fingerprint density at radius 2 is 2.09 bits per heavy atom. The number of fused-ring (bicyclic) bond motifs is 1.